The van der Waals surface area contributed by atoms with E-state index in [4.69, 9.17) is 20.4 Å². The van der Waals surface area contributed by atoms with Gasteiger partial charge in [0.2, 0.25) is 11.9 Å². The average Bonchev–Trinajstić information content (AvgIpc) is 3.35. The molecule has 3 N–H and O–H groups in total. The van der Waals surface area contributed by atoms with Crippen molar-refractivity contribution >= 4 is 22.6 Å². The fourth-order valence-electron chi connectivity index (χ4n) is 3.91. The highest BCUT2D eigenvalue weighted by molar-refractivity contribution is 6.06. The van der Waals surface area contributed by atoms with Gasteiger partial charge in [-0.1, -0.05) is 36.4 Å². The fourth-order valence-corrected chi connectivity index (χ4v) is 3.91. The maximum atomic E-state index is 11.9. The lowest BCUT2D eigenvalue weighted by atomic mass is 10.1. The number of rotatable bonds is 5. The smallest absolute Gasteiger partial charge is 0.249 e. The molecule has 1 aliphatic heterocycles. The number of primary amides is 1. The van der Waals surface area contributed by atoms with Crippen LogP contribution >= 0.6 is 0 Å². The Morgan fingerprint density at radius 1 is 1.13 bits per heavy atom. The quantitative estimate of drug-likeness (QED) is 0.536. The second-order valence-corrected chi connectivity index (χ2v) is 7.35. The lowest BCUT2D eigenvalue weighted by Gasteiger charge is -2.13. The minimum atomic E-state index is -0.453. The summed E-state index contributed by atoms with van der Waals surface area (Å²) in [6.07, 6.45) is 0. The molecular weight excluding hydrogens is 378 g/mol. The first-order valence-electron chi connectivity index (χ1n) is 9.78. The van der Waals surface area contributed by atoms with Gasteiger partial charge in [-0.05, 0) is 30.7 Å². The maximum absolute atomic E-state index is 11.9. The SMILES string of the molecule is Cc1cc2c(C(N)=O)cccc2n1-c1nc2c(c(NCc3ccccc3)n1)COC2. The number of benzene rings is 2. The summed E-state index contributed by atoms with van der Waals surface area (Å²) >= 11 is 0. The number of aryl methyl sites for hydroxylation is 1. The normalized spacial score (nSPS) is 12.8. The van der Waals surface area contributed by atoms with Gasteiger partial charge < -0.3 is 15.8 Å². The Bertz CT molecular complexity index is 1260. The Morgan fingerprint density at radius 2 is 1.97 bits per heavy atom. The molecule has 1 aliphatic rings. The maximum Gasteiger partial charge on any atom is 0.249 e. The van der Waals surface area contributed by atoms with E-state index < -0.39 is 5.91 Å². The molecule has 0 radical (unpaired) electrons. The van der Waals surface area contributed by atoms with Crippen molar-refractivity contribution in [2.45, 2.75) is 26.7 Å². The number of ether oxygens (including phenoxy) is 1. The summed E-state index contributed by atoms with van der Waals surface area (Å²) in [7, 11) is 0. The van der Waals surface area contributed by atoms with Gasteiger partial charge in [0.1, 0.15) is 5.82 Å². The van der Waals surface area contributed by atoms with Crippen molar-refractivity contribution in [3.05, 3.63) is 82.7 Å². The predicted octanol–water partition coefficient (Wildman–Crippen LogP) is 3.47. The van der Waals surface area contributed by atoms with E-state index in [1.807, 2.05) is 47.9 Å². The first-order valence-corrected chi connectivity index (χ1v) is 9.78. The lowest BCUT2D eigenvalue weighted by molar-refractivity contribution is 0.100. The molecule has 0 fully saturated rings. The number of carbonyl (C=O) groups excluding carboxylic acids is 1. The summed E-state index contributed by atoms with van der Waals surface area (Å²) in [6.45, 7) is 3.56. The molecule has 1 amide bonds. The van der Waals surface area contributed by atoms with Crippen LogP contribution < -0.4 is 11.1 Å². The second-order valence-electron chi connectivity index (χ2n) is 7.35. The minimum Gasteiger partial charge on any atom is -0.370 e. The number of fused-ring (bicyclic) bond motifs is 2. The van der Waals surface area contributed by atoms with Crippen LogP contribution in [0.25, 0.3) is 16.9 Å². The Hall–Kier alpha value is -3.71. The molecule has 0 aliphatic carbocycles. The van der Waals surface area contributed by atoms with Gasteiger partial charge in [-0.15, -0.1) is 0 Å². The summed E-state index contributed by atoms with van der Waals surface area (Å²) in [5.74, 6) is 0.860. The van der Waals surface area contributed by atoms with E-state index in [9.17, 15) is 4.79 Å². The standard InChI is InChI=1S/C23H21N5O2/c1-14-10-17-16(21(24)29)8-5-9-20(17)28(14)23-26-19-13-30-12-18(19)22(27-23)25-11-15-6-3-2-4-7-15/h2-10H,11-13H2,1H3,(H2,24,29)(H,25,26,27). The van der Waals surface area contributed by atoms with Crippen molar-refractivity contribution in [3.8, 4) is 5.95 Å². The molecule has 0 saturated heterocycles. The number of carbonyl (C=O) groups is 1. The van der Waals surface area contributed by atoms with Gasteiger partial charge >= 0.3 is 0 Å². The molecule has 0 atom stereocenters. The number of nitrogens with one attached hydrogen (secondary N) is 1. The number of hydrogen-bond acceptors (Lipinski definition) is 5. The van der Waals surface area contributed by atoms with Crippen LogP contribution in [0.5, 0.6) is 0 Å². The van der Waals surface area contributed by atoms with Gasteiger partial charge in [0.05, 0.1) is 24.4 Å². The number of aromatic nitrogens is 3. The molecule has 0 unspecified atom stereocenters. The monoisotopic (exact) mass is 399 g/mol. The summed E-state index contributed by atoms with van der Waals surface area (Å²) in [6, 6.07) is 17.6. The largest absolute Gasteiger partial charge is 0.370 e. The molecule has 5 rings (SSSR count). The minimum absolute atomic E-state index is 0.453. The van der Waals surface area contributed by atoms with Gasteiger partial charge in [-0.2, -0.15) is 4.98 Å². The van der Waals surface area contributed by atoms with E-state index in [0.717, 1.165) is 33.7 Å². The van der Waals surface area contributed by atoms with Crippen LogP contribution in [-0.2, 0) is 24.5 Å². The topological polar surface area (TPSA) is 95.1 Å². The third-order valence-electron chi connectivity index (χ3n) is 5.36. The van der Waals surface area contributed by atoms with Crippen molar-refractivity contribution in [2.75, 3.05) is 5.32 Å². The molecule has 150 valence electrons. The zero-order chi connectivity index (χ0) is 20.7. The van der Waals surface area contributed by atoms with Crippen LogP contribution in [0.3, 0.4) is 0 Å². The van der Waals surface area contributed by atoms with Crippen LogP contribution in [-0.4, -0.2) is 20.4 Å². The van der Waals surface area contributed by atoms with Gasteiger partial charge in [0.25, 0.3) is 0 Å². The second kappa shape index (κ2) is 7.27. The molecule has 4 aromatic rings. The van der Waals surface area contributed by atoms with Crippen LogP contribution in [0.1, 0.15) is 32.9 Å². The van der Waals surface area contributed by atoms with Gasteiger partial charge in [0, 0.05) is 28.8 Å². The molecule has 3 heterocycles. The van der Waals surface area contributed by atoms with E-state index in [-0.39, 0.29) is 0 Å². The third-order valence-corrected chi connectivity index (χ3v) is 5.36. The molecule has 0 saturated carbocycles. The lowest BCUT2D eigenvalue weighted by Crippen LogP contribution is -2.12. The molecule has 0 bridgehead atoms. The first kappa shape index (κ1) is 18.3. The van der Waals surface area contributed by atoms with Crippen molar-refractivity contribution in [1.29, 1.82) is 0 Å². The van der Waals surface area contributed by atoms with E-state index in [1.165, 1.54) is 5.56 Å². The van der Waals surface area contributed by atoms with E-state index in [0.29, 0.717) is 31.3 Å². The Morgan fingerprint density at radius 3 is 2.77 bits per heavy atom. The summed E-state index contributed by atoms with van der Waals surface area (Å²) in [5.41, 5.74) is 10.8. The number of nitrogens with zero attached hydrogens (tertiary/aromatic N) is 3. The van der Waals surface area contributed by atoms with Crippen molar-refractivity contribution in [1.82, 2.24) is 14.5 Å². The van der Waals surface area contributed by atoms with Crippen molar-refractivity contribution in [2.24, 2.45) is 5.73 Å². The van der Waals surface area contributed by atoms with E-state index in [1.54, 1.807) is 6.07 Å². The highest BCUT2D eigenvalue weighted by atomic mass is 16.5. The number of nitrogens with two attached hydrogens (primary N) is 1. The van der Waals surface area contributed by atoms with E-state index >= 15 is 0 Å². The van der Waals surface area contributed by atoms with Crippen LogP contribution in [0.4, 0.5) is 5.82 Å². The fraction of sp³-hybridized carbons (Fsp3) is 0.174. The predicted molar refractivity (Wildman–Crippen MR) is 114 cm³/mol. The van der Waals surface area contributed by atoms with Crippen LogP contribution in [0.2, 0.25) is 0 Å². The number of hydrogen-bond donors (Lipinski definition) is 2. The van der Waals surface area contributed by atoms with Gasteiger partial charge in [-0.25, -0.2) is 4.98 Å². The zero-order valence-corrected chi connectivity index (χ0v) is 16.6. The highest BCUT2D eigenvalue weighted by Gasteiger charge is 2.22. The van der Waals surface area contributed by atoms with Crippen molar-refractivity contribution in [3.63, 3.8) is 0 Å². The Labute approximate surface area is 173 Å². The summed E-state index contributed by atoms with van der Waals surface area (Å²) in [5, 5.41) is 4.24. The van der Waals surface area contributed by atoms with Gasteiger partial charge in [0.15, 0.2) is 0 Å². The molecule has 7 nitrogen and oxygen atoms in total. The van der Waals surface area contributed by atoms with E-state index in [2.05, 4.69) is 17.4 Å². The number of anilines is 1. The Balaban J connectivity index is 1.61. The molecule has 30 heavy (non-hydrogen) atoms. The molecule has 7 heteroatoms. The summed E-state index contributed by atoms with van der Waals surface area (Å²) < 4.78 is 7.59. The molecule has 0 spiro atoms. The Kier molecular flexibility index (Phi) is 4.44. The van der Waals surface area contributed by atoms with Gasteiger partial charge in [-0.3, -0.25) is 9.36 Å². The van der Waals surface area contributed by atoms with Crippen LogP contribution in [0.15, 0.2) is 54.6 Å². The highest BCUT2D eigenvalue weighted by Crippen LogP contribution is 2.30. The average molecular weight is 399 g/mol. The first-order chi connectivity index (χ1) is 14.6. The van der Waals surface area contributed by atoms with Crippen molar-refractivity contribution < 1.29 is 9.53 Å². The molecule has 2 aromatic heterocycles. The molecular formula is C23H21N5O2. The third kappa shape index (κ3) is 3.09. The summed E-state index contributed by atoms with van der Waals surface area (Å²) in [4.78, 5) is 21.5. The number of amides is 1. The molecule has 2 aromatic carbocycles. The van der Waals surface area contributed by atoms with Crippen LogP contribution in [0, 0.1) is 6.92 Å². The zero-order valence-electron chi connectivity index (χ0n) is 16.6.